The Morgan fingerprint density at radius 1 is 1.07 bits per heavy atom. The number of nitrogens with one attached hydrogen (secondary N) is 2. The molecule has 1 aromatic carbocycles. The second-order valence-electron chi connectivity index (χ2n) is 6.83. The van der Waals surface area contributed by atoms with Crippen molar-refractivity contribution >= 4 is 39.2 Å². The Morgan fingerprint density at radius 3 is 2.55 bits per heavy atom. The normalized spacial score (nSPS) is 10.8. The van der Waals surface area contributed by atoms with Crippen LogP contribution in [0.25, 0.3) is 21.3 Å². The van der Waals surface area contributed by atoms with Crippen LogP contribution in [-0.2, 0) is 9.59 Å². The second-order valence-corrected chi connectivity index (χ2v) is 8.03. The highest BCUT2D eigenvalue weighted by Gasteiger charge is 2.16. The van der Waals surface area contributed by atoms with E-state index in [4.69, 9.17) is 5.11 Å². The Balaban J connectivity index is 1.69. The molecular formula is C21H24N4O3S. The number of carbonyl (C=O) groups is 2. The Hall–Kier alpha value is -3.00. The number of aromatic nitrogens is 2. The van der Waals surface area contributed by atoms with E-state index in [1.807, 2.05) is 0 Å². The van der Waals surface area contributed by atoms with Crippen LogP contribution in [0.5, 0.6) is 0 Å². The molecule has 0 saturated carbocycles. The number of hydrogen-bond donors (Lipinski definition) is 3. The molecule has 3 aromatic rings. The van der Waals surface area contributed by atoms with E-state index in [0.29, 0.717) is 25.3 Å². The molecular weight excluding hydrogens is 388 g/mol. The van der Waals surface area contributed by atoms with E-state index in [1.165, 1.54) is 16.8 Å². The number of carboxylic acids is 1. The van der Waals surface area contributed by atoms with Crippen LogP contribution in [0.2, 0.25) is 0 Å². The standard InChI is InChI=1S/C21H24N4O3S/c1-13-5-7-15(8-6-13)18-14(2)29-21-19(18)20(24-12-25-21)23-11-9-16(26)22-10-3-4-17(27)28/h5-8,12H,3-4,9-11H2,1-2H3,(H,22,26)(H,27,28)(H,23,24,25). The highest BCUT2D eigenvalue weighted by molar-refractivity contribution is 7.19. The molecule has 0 bridgehead atoms. The van der Waals surface area contributed by atoms with Crippen molar-refractivity contribution < 1.29 is 14.7 Å². The molecule has 2 heterocycles. The lowest BCUT2D eigenvalue weighted by Crippen LogP contribution is -2.26. The van der Waals surface area contributed by atoms with Gasteiger partial charge in [0.05, 0.1) is 5.39 Å². The predicted molar refractivity (Wildman–Crippen MR) is 115 cm³/mol. The summed E-state index contributed by atoms with van der Waals surface area (Å²) in [5.41, 5.74) is 3.44. The maximum Gasteiger partial charge on any atom is 0.303 e. The van der Waals surface area contributed by atoms with E-state index in [-0.39, 0.29) is 18.7 Å². The SMILES string of the molecule is Cc1ccc(-c2c(C)sc3ncnc(NCCC(=O)NCCCC(=O)O)c23)cc1. The molecule has 0 radical (unpaired) electrons. The molecule has 0 spiro atoms. The number of carboxylic acid groups (broad SMARTS) is 1. The van der Waals surface area contributed by atoms with Crippen molar-refractivity contribution in [2.45, 2.75) is 33.1 Å². The third-order valence-corrected chi connectivity index (χ3v) is 5.55. The summed E-state index contributed by atoms with van der Waals surface area (Å²) in [5.74, 6) is -0.258. The third kappa shape index (κ3) is 5.29. The minimum atomic E-state index is -0.857. The number of hydrogen-bond acceptors (Lipinski definition) is 6. The van der Waals surface area contributed by atoms with Crippen LogP contribution in [0.3, 0.4) is 0 Å². The minimum absolute atomic E-state index is 0.0523. The Bertz CT molecular complexity index is 1010. The van der Waals surface area contributed by atoms with Crippen LogP contribution in [0.4, 0.5) is 5.82 Å². The molecule has 7 nitrogen and oxygen atoms in total. The zero-order valence-corrected chi connectivity index (χ0v) is 17.3. The number of nitrogens with zero attached hydrogens (tertiary/aromatic N) is 2. The Kier molecular flexibility index (Phi) is 6.77. The summed E-state index contributed by atoms with van der Waals surface area (Å²) < 4.78 is 0. The summed E-state index contributed by atoms with van der Waals surface area (Å²) >= 11 is 1.63. The monoisotopic (exact) mass is 412 g/mol. The lowest BCUT2D eigenvalue weighted by Gasteiger charge is -2.09. The largest absolute Gasteiger partial charge is 0.481 e. The fraction of sp³-hybridized carbons (Fsp3) is 0.333. The van der Waals surface area contributed by atoms with Crippen molar-refractivity contribution in [2.75, 3.05) is 18.4 Å². The van der Waals surface area contributed by atoms with E-state index in [2.05, 4.69) is 58.7 Å². The number of fused-ring (bicyclic) bond motifs is 1. The number of aryl methyl sites for hydroxylation is 2. The fourth-order valence-corrected chi connectivity index (χ4v) is 4.11. The smallest absolute Gasteiger partial charge is 0.303 e. The summed E-state index contributed by atoms with van der Waals surface area (Å²) in [6.07, 6.45) is 2.29. The van der Waals surface area contributed by atoms with Gasteiger partial charge in [0.25, 0.3) is 0 Å². The number of thiophene rings is 1. The van der Waals surface area contributed by atoms with Crippen LogP contribution in [0, 0.1) is 13.8 Å². The Morgan fingerprint density at radius 2 is 1.83 bits per heavy atom. The lowest BCUT2D eigenvalue weighted by atomic mass is 10.0. The van der Waals surface area contributed by atoms with E-state index < -0.39 is 5.97 Å². The van der Waals surface area contributed by atoms with Gasteiger partial charge >= 0.3 is 5.97 Å². The van der Waals surface area contributed by atoms with Gasteiger partial charge in [-0.05, 0) is 25.8 Å². The van der Waals surface area contributed by atoms with Gasteiger partial charge < -0.3 is 15.7 Å². The van der Waals surface area contributed by atoms with Gasteiger partial charge in [-0.1, -0.05) is 29.8 Å². The van der Waals surface area contributed by atoms with Gasteiger partial charge in [0.15, 0.2) is 0 Å². The first-order valence-corrected chi connectivity index (χ1v) is 10.3. The van der Waals surface area contributed by atoms with Gasteiger partial charge in [0.2, 0.25) is 5.91 Å². The highest BCUT2D eigenvalue weighted by Crippen LogP contribution is 2.40. The fourth-order valence-electron chi connectivity index (χ4n) is 3.10. The number of rotatable bonds is 9. The average Bonchev–Trinajstić information content (AvgIpc) is 3.02. The van der Waals surface area contributed by atoms with Gasteiger partial charge in [0.1, 0.15) is 17.0 Å². The van der Waals surface area contributed by atoms with Gasteiger partial charge in [-0.15, -0.1) is 11.3 Å². The van der Waals surface area contributed by atoms with Crippen molar-refractivity contribution in [2.24, 2.45) is 0 Å². The molecule has 0 fully saturated rings. The molecule has 2 aromatic heterocycles. The summed E-state index contributed by atoms with van der Waals surface area (Å²) in [7, 11) is 0. The molecule has 0 aliphatic rings. The quantitative estimate of drug-likeness (QED) is 0.462. The highest BCUT2D eigenvalue weighted by atomic mass is 32.1. The zero-order valence-electron chi connectivity index (χ0n) is 16.5. The molecule has 3 N–H and O–H groups in total. The van der Waals surface area contributed by atoms with E-state index in [0.717, 1.165) is 21.3 Å². The number of aliphatic carboxylic acids is 1. The molecule has 8 heteroatoms. The van der Waals surface area contributed by atoms with E-state index in [1.54, 1.807) is 11.3 Å². The molecule has 0 saturated heterocycles. The number of amides is 1. The van der Waals surface area contributed by atoms with Gasteiger partial charge in [-0.2, -0.15) is 0 Å². The summed E-state index contributed by atoms with van der Waals surface area (Å²) in [5, 5.41) is 15.6. The van der Waals surface area contributed by atoms with E-state index in [9.17, 15) is 9.59 Å². The molecule has 1 amide bonds. The first-order valence-electron chi connectivity index (χ1n) is 9.49. The zero-order chi connectivity index (χ0) is 20.8. The minimum Gasteiger partial charge on any atom is -0.481 e. The molecule has 0 unspecified atom stereocenters. The predicted octanol–water partition coefficient (Wildman–Crippen LogP) is 3.76. The molecule has 0 aliphatic carbocycles. The summed E-state index contributed by atoms with van der Waals surface area (Å²) in [6, 6.07) is 8.38. The average molecular weight is 413 g/mol. The third-order valence-electron chi connectivity index (χ3n) is 4.54. The first-order chi connectivity index (χ1) is 14.0. The van der Waals surface area contributed by atoms with Crippen LogP contribution in [0.15, 0.2) is 30.6 Å². The number of carbonyl (C=O) groups excluding carboxylic acids is 1. The second kappa shape index (κ2) is 9.47. The van der Waals surface area contributed by atoms with Crippen molar-refractivity contribution in [1.82, 2.24) is 15.3 Å². The lowest BCUT2D eigenvalue weighted by molar-refractivity contribution is -0.137. The molecule has 0 aliphatic heterocycles. The van der Waals surface area contributed by atoms with Gasteiger partial charge in [-0.25, -0.2) is 9.97 Å². The van der Waals surface area contributed by atoms with Crippen molar-refractivity contribution in [3.63, 3.8) is 0 Å². The first kappa shape index (κ1) is 20.7. The number of anilines is 1. The van der Waals surface area contributed by atoms with Crippen molar-refractivity contribution in [3.05, 3.63) is 41.0 Å². The van der Waals surface area contributed by atoms with Crippen molar-refractivity contribution in [3.8, 4) is 11.1 Å². The van der Waals surface area contributed by atoms with E-state index >= 15 is 0 Å². The molecule has 0 atom stereocenters. The Labute approximate surface area is 173 Å². The van der Waals surface area contributed by atoms with Gasteiger partial charge in [-0.3, -0.25) is 9.59 Å². The van der Waals surface area contributed by atoms with Crippen LogP contribution >= 0.6 is 11.3 Å². The molecule has 152 valence electrons. The topological polar surface area (TPSA) is 104 Å². The summed E-state index contributed by atoms with van der Waals surface area (Å²) in [4.78, 5) is 33.3. The molecule has 29 heavy (non-hydrogen) atoms. The van der Waals surface area contributed by atoms with Crippen LogP contribution in [-0.4, -0.2) is 40.0 Å². The van der Waals surface area contributed by atoms with Crippen LogP contribution < -0.4 is 10.6 Å². The number of benzene rings is 1. The van der Waals surface area contributed by atoms with Crippen LogP contribution in [0.1, 0.15) is 29.7 Å². The van der Waals surface area contributed by atoms with Gasteiger partial charge in [0, 0.05) is 36.4 Å². The maximum atomic E-state index is 11.9. The maximum absolute atomic E-state index is 11.9. The molecule has 3 rings (SSSR count). The van der Waals surface area contributed by atoms with Crippen molar-refractivity contribution in [1.29, 1.82) is 0 Å². The summed E-state index contributed by atoms with van der Waals surface area (Å²) in [6.45, 7) is 4.93.